The second-order valence-electron chi connectivity index (χ2n) is 5.24. The number of rotatable bonds is 5. The molecule has 0 spiro atoms. The molecule has 3 N–H and O–H groups in total. The monoisotopic (exact) mass is 252 g/mol. The van der Waals surface area contributed by atoms with E-state index < -0.39 is 11.4 Å². The summed E-state index contributed by atoms with van der Waals surface area (Å²) in [5, 5.41) is 2.78. The van der Waals surface area contributed by atoms with Crippen LogP contribution in [0, 0.1) is 5.92 Å². The molecule has 6 nitrogen and oxygen atoms in total. The van der Waals surface area contributed by atoms with Crippen molar-refractivity contribution in [2.45, 2.75) is 39.8 Å². The summed E-state index contributed by atoms with van der Waals surface area (Å²) >= 11 is 0. The first-order chi connectivity index (χ1) is 8.24. The summed E-state index contributed by atoms with van der Waals surface area (Å²) in [6.07, 6.45) is 3.16. The average Bonchev–Trinajstić information content (AvgIpc) is 2.23. The zero-order valence-corrected chi connectivity index (χ0v) is 11.2. The van der Waals surface area contributed by atoms with Crippen molar-refractivity contribution in [1.82, 2.24) is 9.55 Å². The summed E-state index contributed by atoms with van der Waals surface area (Å²) < 4.78 is 1.57. The Morgan fingerprint density at radius 3 is 2.67 bits per heavy atom. The highest BCUT2D eigenvalue weighted by atomic mass is 16.2. The lowest BCUT2D eigenvalue weighted by atomic mass is 10.1. The lowest BCUT2D eigenvalue weighted by molar-refractivity contribution is -0.121. The van der Waals surface area contributed by atoms with Gasteiger partial charge in [-0.1, -0.05) is 13.8 Å². The lowest BCUT2D eigenvalue weighted by Crippen LogP contribution is -2.47. The van der Waals surface area contributed by atoms with E-state index in [0.717, 1.165) is 0 Å². The van der Waals surface area contributed by atoms with Crippen LogP contribution in [-0.2, 0) is 11.3 Å². The summed E-state index contributed by atoms with van der Waals surface area (Å²) in [5.74, 6) is -0.0491. The number of primary amides is 1. The predicted molar refractivity (Wildman–Crippen MR) is 70.2 cm³/mol. The smallest absolute Gasteiger partial charge is 0.293 e. The van der Waals surface area contributed by atoms with Gasteiger partial charge in [0.15, 0.2) is 5.82 Å². The van der Waals surface area contributed by atoms with Gasteiger partial charge in [0.1, 0.15) is 5.54 Å². The first-order valence-electron chi connectivity index (χ1n) is 5.87. The van der Waals surface area contributed by atoms with Crippen LogP contribution in [0.4, 0.5) is 5.82 Å². The van der Waals surface area contributed by atoms with Crippen LogP contribution in [0.1, 0.15) is 27.7 Å². The number of carbonyl (C=O) groups is 1. The number of carbonyl (C=O) groups excluding carboxylic acids is 1. The number of nitrogens with two attached hydrogens (primary N) is 1. The maximum atomic E-state index is 12.1. The van der Waals surface area contributed by atoms with E-state index in [2.05, 4.69) is 10.3 Å². The standard InChI is InChI=1S/C12H20N4O2/c1-8(2)7-16-6-5-14-9(10(16)17)15-12(3,4)11(13)18/h5-6,8H,7H2,1-4H3,(H2,13,18)(H,14,15). The first-order valence-corrected chi connectivity index (χ1v) is 5.87. The molecule has 1 heterocycles. The molecule has 18 heavy (non-hydrogen) atoms. The highest BCUT2D eigenvalue weighted by Gasteiger charge is 2.26. The van der Waals surface area contributed by atoms with E-state index in [1.807, 2.05) is 13.8 Å². The van der Waals surface area contributed by atoms with Crippen LogP contribution in [0.2, 0.25) is 0 Å². The highest BCUT2D eigenvalue weighted by Crippen LogP contribution is 2.08. The van der Waals surface area contributed by atoms with E-state index in [0.29, 0.717) is 12.5 Å². The van der Waals surface area contributed by atoms with Gasteiger partial charge in [-0.2, -0.15) is 0 Å². The SMILES string of the molecule is CC(C)Cn1ccnc(NC(C)(C)C(N)=O)c1=O. The molecule has 100 valence electrons. The van der Waals surface area contributed by atoms with Crippen molar-refractivity contribution in [3.05, 3.63) is 22.7 Å². The second kappa shape index (κ2) is 5.20. The Labute approximate surface area is 106 Å². The van der Waals surface area contributed by atoms with Gasteiger partial charge in [-0.3, -0.25) is 9.59 Å². The fourth-order valence-corrected chi connectivity index (χ4v) is 1.43. The topological polar surface area (TPSA) is 90.0 Å². The molecular weight excluding hydrogens is 232 g/mol. The van der Waals surface area contributed by atoms with Crippen molar-refractivity contribution in [3.63, 3.8) is 0 Å². The molecule has 1 rings (SSSR count). The Bertz CT molecular complexity index is 491. The summed E-state index contributed by atoms with van der Waals surface area (Å²) in [6.45, 7) is 7.86. The highest BCUT2D eigenvalue weighted by molar-refractivity contribution is 5.86. The largest absolute Gasteiger partial charge is 0.368 e. The third-order valence-corrected chi connectivity index (χ3v) is 2.52. The molecule has 0 fully saturated rings. The number of anilines is 1. The van der Waals surface area contributed by atoms with Crippen LogP contribution in [-0.4, -0.2) is 21.0 Å². The molecule has 0 saturated carbocycles. The summed E-state index contributed by atoms with van der Waals surface area (Å²) in [6, 6.07) is 0. The molecule has 6 heteroatoms. The third-order valence-electron chi connectivity index (χ3n) is 2.52. The van der Waals surface area contributed by atoms with Crippen molar-refractivity contribution in [2.75, 3.05) is 5.32 Å². The maximum Gasteiger partial charge on any atom is 0.293 e. The van der Waals surface area contributed by atoms with Gasteiger partial charge in [0.05, 0.1) is 0 Å². The quantitative estimate of drug-likeness (QED) is 0.802. The van der Waals surface area contributed by atoms with Crippen LogP contribution in [0.3, 0.4) is 0 Å². The van der Waals surface area contributed by atoms with Gasteiger partial charge < -0.3 is 15.6 Å². The van der Waals surface area contributed by atoms with Crippen molar-refractivity contribution < 1.29 is 4.79 Å². The molecule has 0 saturated heterocycles. The lowest BCUT2D eigenvalue weighted by Gasteiger charge is -2.22. The van der Waals surface area contributed by atoms with Crippen molar-refractivity contribution in [1.29, 1.82) is 0 Å². The fourth-order valence-electron chi connectivity index (χ4n) is 1.43. The van der Waals surface area contributed by atoms with E-state index >= 15 is 0 Å². The van der Waals surface area contributed by atoms with E-state index in [4.69, 9.17) is 5.73 Å². The minimum Gasteiger partial charge on any atom is -0.368 e. The molecule has 0 radical (unpaired) electrons. The van der Waals surface area contributed by atoms with Gasteiger partial charge in [0, 0.05) is 18.9 Å². The molecule has 0 aliphatic rings. The van der Waals surface area contributed by atoms with Crippen LogP contribution < -0.4 is 16.6 Å². The molecule has 0 bridgehead atoms. The van der Waals surface area contributed by atoms with Gasteiger partial charge in [0.2, 0.25) is 5.91 Å². The first kappa shape index (κ1) is 14.2. The Balaban J connectivity index is 3.05. The van der Waals surface area contributed by atoms with Crippen LogP contribution in [0.25, 0.3) is 0 Å². The molecule has 1 aromatic rings. The zero-order valence-electron chi connectivity index (χ0n) is 11.2. The molecule has 0 aliphatic carbocycles. The van der Waals surface area contributed by atoms with Gasteiger partial charge in [-0.15, -0.1) is 0 Å². The van der Waals surface area contributed by atoms with Gasteiger partial charge in [-0.25, -0.2) is 4.98 Å². The number of nitrogens with one attached hydrogen (secondary N) is 1. The fraction of sp³-hybridized carbons (Fsp3) is 0.583. The summed E-state index contributed by atoms with van der Waals surface area (Å²) in [5.41, 5.74) is 3.99. The van der Waals surface area contributed by atoms with E-state index in [1.165, 1.54) is 6.20 Å². The number of nitrogens with zero attached hydrogens (tertiary/aromatic N) is 2. The Hall–Kier alpha value is -1.85. The Kier molecular flexibility index (Phi) is 4.11. The van der Waals surface area contributed by atoms with Crippen molar-refractivity contribution in [2.24, 2.45) is 11.7 Å². The van der Waals surface area contributed by atoms with Gasteiger partial charge >= 0.3 is 0 Å². The normalized spacial score (nSPS) is 11.6. The minimum absolute atomic E-state index is 0.141. The van der Waals surface area contributed by atoms with Crippen molar-refractivity contribution >= 4 is 11.7 Å². The number of hydrogen-bond acceptors (Lipinski definition) is 4. The third kappa shape index (κ3) is 3.32. The van der Waals surface area contributed by atoms with E-state index in [-0.39, 0.29) is 11.4 Å². The number of amides is 1. The molecule has 1 aromatic heterocycles. The maximum absolute atomic E-state index is 12.1. The molecule has 0 unspecified atom stereocenters. The predicted octanol–water partition coefficient (Wildman–Crippen LogP) is 0.575. The van der Waals surface area contributed by atoms with E-state index in [1.54, 1.807) is 24.6 Å². The molecule has 1 amide bonds. The van der Waals surface area contributed by atoms with E-state index in [9.17, 15) is 9.59 Å². The van der Waals surface area contributed by atoms with Crippen LogP contribution in [0.15, 0.2) is 17.2 Å². The number of aromatic nitrogens is 2. The Morgan fingerprint density at radius 2 is 2.17 bits per heavy atom. The summed E-state index contributed by atoms with van der Waals surface area (Å²) in [4.78, 5) is 27.3. The molecule has 0 aromatic carbocycles. The molecule has 0 aliphatic heterocycles. The Morgan fingerprint density at radius 1 is 1.56 bits per heavy atom. The van der Waals surface area contributed by atoms with Crippen LogP contribution in [0.5, 0.6) is 0 Å². The number of hydrogen-bond donors (Lipinski definition) is 2. The minimum atomic E-state index is -1.01. The van der Waals surface area contributed by atoms with Gasteiger partial charge in [-0.05, 0) is 19.8 Å². The van der Waals surface area contributed by atoms with Crippen molar-refractivity contribution in [3.8, 4) is 0 Å². The molecular formula is C12H20N4O2. The average molecular weight is 252 g/mol. The second-order valence-corrected chi connectivity index (χ2v) is 5.24. The summed E-state index contributed by atoms with van der Waals surface area (Å²) in [7, 11) is 0. The zero-order chi connectivity index (χ0) is 13.9. The molecule has 0 atom stereocenters. The van der Waals surface area contributed by atoms with Crippen LogP contribution >= 0.6 is 0 Å². The van der Waals surface area contributed by atoms with Gasteiger partial charge in [0.25, 0.3) is 5.56 Å².